The number of aromatic nitrogens is 4. The summed E-state index contributed by atoms with van der Waals surface area (Å²) in [7, 11) is 1.62. The lowest BCUT2D eigenvalue weighted by Crippen LogP contribution is -2.54. The molecular formula is C30H36N8O3. The smallest absolute Gasteiger partial charge is 0.295 e. The van der Waals surface area contributed by atoms with Crippen LogP contribution in [0.1, 0.15) is 54.8 Å². The van der Waals surface area contributed by atoms with Crippen LogP contribution in [0.2, 0.25) is 0 Å². The normalized spacial score (nSPS) is 21.0. The molecule has 214 valence electrons. The fourth-order valence-electron chi connectivity index (χ4n) is 5.85. The molecule has 1 saturated heterocycles. The average Bonchev–Trinajstić information content (AvgIpc) is 3.67. The van der Waals surface area contributed by atoms with Gasteiger partial charge in [-0.1, -0.05) is 30.1 Å². The van der Waals surface area contributed by atoms with E-state index in [1.54, 1.807) is 26.2 Å². The summed E-state index contributed by atoms with van der Waals surface area (Å²) in [6.45, 7) is 3.71. The van der Waals surface area contributed by atoms with Gasteiger partial charge in [0.25, 0.3) is 11.9 Å². The van der Waals surface area contributed by atoms with Gasteiger partial charge in [0.2, 0.25) is 11.7 Å². The molecule has 6 rings (SSSR count). The lowest BCUT2D eigenvalue weighted by molar-refractivity contribution is 0.0963. The van der Waals surface area contributed by atoms with E-state index in [-0.39, 0.29) is 11.9 Å². The average molecular weight is 557 g/mol. The molecule has 11 nitrogen and oxygen atoms in total. The molecule has 0 bridgehead atoms. The molecule has 0 radical (unpaired) electrons. The van der Waals surface area contributed by atoms with E-state index in [2.05, 4.69) is 47.0 Å². The Morgan fingerprint density at radius 2 is 1.90 bits per heavy atom. The van der Waals surface area contributed by atoms with Crippen molar-refractivity contribution in [2.45, 2.75) is 63.6 Å². The molecule has 3 N–H and O–H groups in total. The van der Waals surface area contributed by atoms with Gasteiger partial charge < -0.3 is 29.8 Å². The Labute approximate surface area is 239 Å². The molecule has 1 aliphatic carbocycles. The van der Waals surface area contributed by atoms with E-state index >= 15 is 0 Å². The van der Waals surface area contributed by atoms with Crippen LogP contribution in [-0.2, 0) is 0 Å². The van der Waals surface area contributed by atoms with Crippen molar-refractivity contribution in [2.75, 3.05) is 30.4 Å². The number of amides is 1. The van der Waals surface area contributed by atoms with Gasteiger partial charge in [-0.3, -0.25) is 9.78 Å². The van der Waals surface area contributed by atoms with Gasteiger partial charge in [-0.25, -0.2) is 4.98 Å². The molecule has 1 saturated carbocycles. The van der Waals surface area contributed by atoms with Gasteiger partial charge in [-0.15, -0.1) is 0 Å². The highest BCUT2D eigenvalue weighted by molar-refractivity contribution is 5.95. The Morgan fingerprint density at radius 3 is 2.68 bits per heavy atom. The topological polar surface area (TPSA) is 134 Å². The quantitative estimate of drug-likeness (QED) is 0.286. The minimum Gasteiger partial charge on any atom is -0.424 e. The second-order valence-electron chi connectivity index (χ2n) is 10.8. The Morgan fingerprint density at radius 1 is 1.02 bits per heavy atom. The van der Waals surface area contributed by atoms with E-state index in [4.69, 9.17) is 8.94 Å². The van der Waals surface area contributed by atoms with Crippen LogP contribution in [0.5, 0.6) is 0 Å². The summed E-state index contributed by atoms with van der Waals surface area (Å²) < 4.78 is 11.2. The maximum atomic E-state index is 12.0. The Kier molecular flexibility index (Phi) is 7.95. The fraction of sp³-hybridized carbons (Fsp3) is 0.433. The van der Waals surface area contributed by atoms with Crippen LogP contribution in [0.15, 0.2) is 57.7 Å². The maximum absolute atomic E-state index is 12.0. The van der Waals surface area contributed by atoms with Crippen molar-refractivity contribution in [1.82, 2.24) is 30.7 Å². The number of pyridine rings is 1. The van der Waals surface area contributed by atoms with Crippen molar-refractivity contribution in [2.24, 2.45) is 0 Å². The number of anilines is 2. The Bertz CT molecular complexity index is 1470. The van der Waals surface area contributed by atoms with Crippen molar-refractivity contribution in [3.05, 3.63) is 60.2 Å². The molecule has 2 aliphatic rings. The molecule has 1 aliphatic heterocycles. The number of aryl methyl sites for hydroxylation is 1. The van der Waals surface area contributed by atoms with Crippen LogP contribution in [-0.4, -0.2) is 64.3 Å². The van der Waals surface area contributed by atoms with Crippen LogP contribution in [0.25, 0.3) is 22.8 Å². The van der Waals surface area contributed by atoms with Gasteiger partial charge in [0.15, 0.2) is 5.76 Å². The third-order valence-electron chi connectivity index (χ3n) is 7.96. The first-order valence-electron chi connectivity index (χ1n) is 14.4. The molecule has 41 heavy (non-hydrogen) atoms. The van der Waals surface area contributed by atoms with Gasteiger partial charge in [0.1, 0.15) is 5.69 Å². The molecule has 11 heteroatoms. The molecule has 1 amide bonds. The largest absolute Gasteiger partial charge is 0.424 e. The van der Waals surface area contributed by atoms with Crippen molar-refractivity contribution < 1.29 is 13.7 Å². The number of oxazole rings is 1. The predicted octanol–water partition coefficient (Wildman–Crippen LogP) is 4.44. The molecule has 2 fully saturated rings. The SMILES string of the molecule is CNC(=O)c1cccc(-c2cnc(N[C@@H]3CCCC[C@H]3N[C@H]3CCCN(c4ccc(-c5noc(C)n5)nc4)C3)o2)c1. The number of piperidine rings is 1. The van der Waals surface area contributed by atoms with Gasteiger partial charge in [0.05, 0.1) is 18.1 Å². The third kappa shape index (κ3) is 6.25. The summed E-state index contributed by atoms with van der Waals surface area (Å²) in [5.41, 5.74) is 3.22. The van der Waals surface area contributed by atoms with Gasteiger partial charge in [0, 0.05) is 56.3 Å². The maximum Gasteiger partial charge on any atom is 0.295 e. The lowest BCUT2D eigenvalue weighted by Gasteiger charge is -2.40. The molecule has 3 atom stereocenters. The van der Waals surface area contributed by atoms with Gasteiger partial charge >= 0.3 is 0 Å². The van der Waals surface area contributed by atoms with Gasteiger partial charge in [-0.2, -0.15) is 4.98 Å². The summed E-state index contributed by atoms with van der Waals surface area (Å²) in [5.74, 6) is 1.55. The number of nitrogens with zero attached hydrogens (tertiary/aromatic N) is 5. The van der Waals surface area contributed by atoms with Crippen molar-refractivity contribution in [3.8, 4) is 22.8 Å². The highest BCUT2D eigenvalue weighted by atomic mass is 16.5. The standard InChI is InChI=1S/C30H36N8O3/c1-19-34-28(37-41-19)26-13-12-23(16-32-26)38-14-6-9-22(18-38)35-24-10-3-4-11-25(24)36-30-33-17-27(40-30)20-7-5-8-21(15-20)29(39)31-2/h5,7-8,12-13,15-17,22,24-25,35H,3-4,6,9-11,14,18H2,1-2H3,(H,31,39)(H,33,36)/t22-,24+,25+/m0/s1. The first-order valence-corrected chi connectivity index (χ1v) is 14.4. The minimum atomic E-state index is -0.130. The predicted molar refractivity (Wildman–Crippen MR) is 156 cm³/mol. The van der Waals surface area contributed by atoms with Crippen molar-refractivity contribution >= 4 is 17.6 Å². The van der Waals surface area contributed by atoms with E-state index < -0.39 is 0 Å². The first kappa shape index (κ1) is 26.9. The van der Waals surface area contributed by atoms with Crippen LogP contribution in [0, 0.1) is 6.92 Å². The summed E-state index contributed by atoms with van der Waals surface area (Å²) in [6, 6.07) is 12.9. The highest BCUT2D eigenvalue weighted by Gasteiger charge is 2.30. The summed E-state index contributed by atoms with van der Waals surface area (Å²) in [5, 5.41) is 14.2. The number of hydrogen-bond acceptors (Lipinski definition) is 10. The summed E-state index contributed by atoms with van der Waals surface area (Å²) in [4.78, 5) is 27.8. The Balaban J connectivity index is 1.08. The number of nitrogens with one attached hydrogen (secondary N) is 3. The number of hydrogen-bond donors (Lipinski definition) is 3. The van der Waals surface area contributed by atoms with E-state index in [0.29, 0.717) is 46.8 Å². The van der Waals surface area contributed by atoms with Crippen molar-refractivity contribution in [3.63, 3.8) is 0 Å². The van der Waals surface area contributed by atoms with Crippen LogP contribution < -0.4 is 20.9 Å². The monoisotopic (exact) mass is 556 g/mol. The number of rotatable bonds is 8. The highest BCUT2D eigenvalue weighted by Crippen LogP contribution is 2.28. The van der Waals surface area contributed by atoms with Crippen LogP contribution in [0.4, 0.5) is 11.7 Å². The second kappa shape index (κ2) is 12.1. The fourth-order valence-corrected chi connectivity index (χ4v) is 5.85. The first-order chi connectivity index (χ1) is 20.1. The summed E-state index contributed by atoms with van der Waals surface area (Å²) >= 11 is 0. The molecule has 3 aromatic heterocycles. The molecular weight excluding hydrogens is 520 g/mol. The zero-order chi connectivity index (χ0) is 28.2. The van der Waals surface area contributed by atoms with Crippen molar-refractivity contribution in [1.29, 1.82) is 0 Å². The number of benzene rings is 1. The molecule has 4 aromatic rings. The van der Waals surface area contributed by atoms with Crippen LogP contribution >= 0.6 is 0 Å². The molecule has 4 heterocycles. The van der Waals surface area contributed by atoms with Crippen LogP contribution in [0.3, 0.4) is 0 Å². The van der Waals surface area contributed by atoms with Gasteiger partial charge in [-0.05, 0) is 49.9 Å². The van der Waals surface area contributed by atoms with E-state index in [9.17, 15) is 4.79 Å². The zero-order valence-electron chi connectivity index (χ0n) is 23.5. The summed E-state index contributed by atoms with van der Waals surface area (Å²) in [6.07, 6.45) is 10.4. The lowest BCUT2D eigenvalue weighted by atomic mass is 9.89. The number of carbonyl (C=O) groups excluding carboxylic acids is 1. The van der Waals surface area contributed by atoms with E-state index in [1.807, 2.05) is 30.5 Å². The third-order valence-corrected chi connectivity index (χ3v) is 7.96. The zero-order valence-corrected chi connectivity index (χ0v) is 23.5. The van der Waals surface area contributed by atoms with E-state index in [0.717, 1.165) is 50.0 Å². The Hall–Kier alpha value is -4.25. The number of carbonyl (C=O) groups is 1. The van der Waals surface area contributed by atoms with E-state index in [1.165, 1.54) is 12.8 Å². The minimum absolute atomic E-state index is 0.130. The molecule has 1 aromatic carbocycles. The second-order valence-corrected chi connectivity index (χ2v) is 10.8. The molecule has 0 spiro atoms. The molecule has 0 unspecified atom stereocenters.